The zero-order valence-electron chi connectivity index (χ0n) is 42.0. The number of hydrogen-bond acceptors (Lipinski definition) is 12. The number of ether oxygens (including phenoxy) is 10. The third-order valence-corrected chi connectivity index (χ3v) is 13.0. The van der Waals surface area contributed by atoms with Gasteiger partial charge in [0.1, 0.15) is 57.5 Å². The molecular formula is C55H62Br6N2O10. The number of benzene rings is 5. The summed E-state index contributed by atoms with van der Waals surface area (Å²) >= 11 is 21.5. The van der Waals surface area contributed by atoms with Gasteiger partial charge in [-0.25, -0.2) is 0 Å². The fourth-order valence-corrected chi connectivity index (χ4v) is 9.06. The van der Waals surface area contributed by atoms with Gasteiger partial charge in [0.15, 0.2) is 0 Å². The average molecular weight is 1390 g/mol. The van der Waals surface area contributed by atoms with Crippen molar-refractivity contribution in [3.8, 4) is 69.6 Å². The maximum Gasteiger partial charge on any atom is 0.123 e. The molecule has 0 amide bonds. The van der Waals surface area contributed by atoms with Crippen molar-refractivity contribution in [2.45, 2.75) is 46.0 Å². The molecule has 0 unspecified atom stereocenters. The Hall–Kier alpha value is -4.04. The van der Waals surface area contributed by atoms with Gasteiger partial charge >= 0.3 is 0 Å². The third kappa shape index (κ3) is 18.1. The van der Waals surface area contributed by atoms with E-state index < -0.39 is 0 Å². The van der Waals surface area contributed by atoms with E-state index in [0.29, 0.717) is 127 Å². The predicted molar refractivity (Wildman–Crippen MR) is 311 cm³/mol. The SMILES string of the molecule is CC#N.CC#N.COc1cc2c(OC)cc1Cc1cc(OC)c(cc1OC)Cc1cc(OCCBr)c(cc1OCCBr)Cc1cc(OCCBr)c(cc1OCCBr)Cc1cc(OCCBr)c(cc1OCCBr)C2. The Bertz CT molecular complexity index is 2450. The molecule has 5 aromatic rings. The lowest BCUT2D eigenvalue weighted by Gasteiger charge is -2.22. The third-order valence-electron chi connectivity index (χ3n) is 11.0. The van der Waals surface area contributed by atoms with E-state index in [4.69, 9.17) is 57.9 Å². The molecule has 0 fully saturated rings. The molecule has 0 aliphatic heterocycles. The molecule has 10 aliphatic rings. The number of rotatable bonds is 22. The highest BCUT2D eigenvalue weighted by Crippen LogP contribution is 2.43. The predicted octanol–water partition coefficient (Wildman–Crippen LogP) is 13.7. The van der Waals surface area contributed by atoms with Crippen LogP contribution in [-0.2, 0) is 32.1 Å². The molecule has 10 aliphatic carbocycles. The second-order valence-electron chi connectivity index (χ2n) is 15.7. The van der Waals surface area contributed by atoms with Crippen LogP contribution in [0.1, 0.15) is 69.5 Å². The van der Waals surface area contributed by atoms with Gasteiger partial charge in [-0.15, -0.1) is 0 Å². The van der Waals surface area contributed by atoms with Crippen LogP contribution in [0.4, 0.5) is 0 Å². The Labute approximate surface area is 481 Å². The van der Waals surface area contributed by atoms with Crippen molar-refractivity contribution in [1.29, 1.82) is 10.5 Å². The van der Waals surface area contributed by atoms with Crippen molar-refractivity contribution >= 4 is 95.6 Å². The van der Waals surface area contributed by atoms with Crippen molar-refractivity contribution in [2.75, 3.05) is 100 Å². The molecule has 5 aromatic carbocycles. The van der Waals surface area contributed by atoms with Gasteiger partial charge in [0.25, 0.3) is 0 Å². The van der Waals surface area contributed by atoms with Crippen molar-refractivity contribution in [3.05, 3.63) is 116 Å². The molecule has 0 saturated carbocycles. The van der Waals surface area contributed by atoms with Crippen molar-refractivity contribution < 1.29 is 47.4 Å². The van der Waals surface area contributed by atoms with E-state index in [1.807, 2.05) is 24.3 Å². The number of methoxy groups -OCH3 is 4. The van der Waals surface area contributed by atoms with Crippen LogP contribution < -0.4 is 47.4 Å². The highest BCUT2D eigenvalue weighted by molar-refractivity contribution is 9.10. The zero-order valence-corrected chi connectivity index (χ0v) is 51.6. The fraction of sp³-hybridized carbons (Fsp3) is 0.418. The molecule has 0 spiro atoms. The van der Waals surface area contributed by atoms with Crippen LogP contribution in [0.3, 0.4) is 0 Å². The molecule has 394 valence electrons. The van der Waals surface area contributed by atoms with E-state index in [0.717, 1.165) is 90.1 Å². The highest BCUT2D eigenvalue weighted by atomic mass is 79.9. The van der Waals surface area contributed by atoms with Gasteiger partial charge in [0.05, 0.1) is 80.2 Å². The Morgan fingerprint density at radius 2 is 0.425 bits per heavy atom. The van der Waals surface area contributed by atoms with Crippen LogP contribution in [-0.4, -0.2) is 100 Å². The van der Waals surface area contributed by atoms with E-state index in [9.17, 15) is 0 Å². The average Bonchev–Trinajstić information content (AvgIpc) is 3.39. The van der Waals surface area contributed by atoms with Crippen LogP contribution in [0.25, 0.3) is 0 Å². The van der Waals surface area contributed by atoms with Gasteiger partial charge in [-0.2, -0.15) is 10.5 Å². The summed E-state index contributed by atoms with van der Waals surface area (Å²) in [5, 5.41) is 18.6. The number of halogens is 6. The van der Waals surface area contributed by atoms with E-state index in [-0.39, 0.29) is 0 Å². The quantitative estimate of drug-likeness (QED) is 0.0598. The summed E-state index contributed by atoms with van der Waals surface area (Å²) in [5.74, 6) is 7.27. The van der Waals surface area contributed by atoms with E-state index in [2.05, 4.69) is 132 Å². The summed E-state index contributed by atoms with van der Waals surface area (Å²) in [6.07, 6.45) is 2.40. The summed E-state index contributed by atoms with van der Waals surface area (Å²) in [4.78, 5) is 0. The zero-order chi connectivity index (χ0) is 53.1. The van der Waals surface area contributed by atoms with Gasteiger partial charge in [0, 0.05) is 134 Å². The minimum Gasteiger partial charge on any atom is -0.496 e. The summed E-state index contributed by atoms with van der Waals surface area (Å²) in [7, 11) is 6.76. The van der Waals surface area contributed by atoms with Gasteiger partial charge in [-0.3, -0.25) is 0 Å². The fourth-order valence-electron chi connectivity index (χ4n) is 8.09. The second kappa shape index (κ2) is 33.8. The molecule has 0 aromatic heterocycles. The number of nitriles is 2. The van der Waals surface area contributed by atoms with Gasteiger partial charge < -0.3 is 47.4 Å². The molecule has 0 N–H and O–H groups in total. The largest absolute Gasteiger partial charge is 0.496 e. The lowest BCUT2D eigenvalue weighted by atomic mass is 9.94. The molecule has 0 saturated heterocycles. The van der Waals surface area contributed by atoms with Crippen LogP contribution in [0.5, 0.6) is 57.5 Å². The Balaban J connectivity index is 0.00000183. The van der Waals surface area contributed by atoms with Crippen molar-refractivity contribution in [1.82, 2.24) is 0 Å². The van der Waals surface area contributed by atoms with Crippen LogP contribution in [0.2, 0.25) is 0 Å². The molecule has 73 heavy (non-hydrogen) atoms. The Morgan fingerprint density at radius 1 is 0.301 bits per heavy atom. The summed E-state index contributed by atoms with van der Waals surface area (Å²) in [6.45, 7) is 5.61. The lowest BCUT2D eigenvalue weighted by molar-refractivity contribution is 0.325. The molecular weight excluding hydrogens is 1330 g/mol. The van der Waals surface area contributed by atoms with E-state index in [1.165, 1.54) is 13.8 Å². The number of hydrogen-bond donors (Lipinski definition) is 0. The van der Waals surface area contributed by atoms with Gasteiger partial charge in [0.2, 0.25) is 0 Å². The molecule has 18 heteroatoms. The van der Waals surface area contributed by atoms with Crippen LogP contribution >= 0.6 is 95.6 Å². The summed E-state index contributed by atoms with van der Waals surface area (Å²) in [5.41, 5.74) is 9.32. The Morgan fingerprint density at radius 3 is 0.548 bits per heavy atom. The van der Waals surface area contributed by atoms with Gasteiger partial charge in [-0.05, 0) is 60.7 Å². The summed E-state index contributed by atoms with van der Waals surface area (Å²) < 4.78 is 63.7. The molecule has 0 radical (unpaired) electrons. The first-order valence-electron chi connectivity index (χ1n) is 23.3. The topological polar surface area (TPSA) is 140 Å². The standard InChI is InChI=1S/C51H56Br6O10.2C2H3N/c1-58-42-24-34-18-36-26-48(64-13-7-54)38(28-46(36)62-11-5-52)20-40-30-51(67-16-10-57)41(31-50(40)66-15-9-56)21-39-29-47(63-12-6-53)37(27-49(39)65-14-8-55)19-35-25-43(59-2)33(23-45(35)61-4)17-32(42)22-44(34)60-3;2*1-2-3/h22-31H,5-21H2,1-4H3;2*1H3. The first-order valence-corrected chi connectivity index (χ1v) is 30.0. The molecule has 0 atom stereocenters. The minimum absolute atomic E-state index is 0.456. The van der Waals surface area contributed by atoms with E-state index >= 15 is 0 Å². The van der Waals surface area contributed by atoms with Crippen LogP contribution in [0.15, 0.2) is 60.7 Å². The molecule has 0 heterocycles. The number of alkyl halides is 6. The first kappa shape index (κ1) is 61.5. The lowest BCUT2D eigenvalue weighted by Crippen LogP contribution is -2.10. The Kier molecular flexibility index (Phi) is 28.5. The minimum atomic E-state index is 0.456. The maximum absolute atomic E-state index is 7.32. The van der Waals surface area contributed by atoms with E-state index in [1.54, 1.807) is 40.6 Å². The monoisotopic (exact) mass is 1380 g/mol. The number of nitrogens with zero attached hydrogens (tertiary/aromatic N) is 2. The maximum atomic E-state index is 7.32. The highest BCUT2D eigenvalue weighted by Gasteiger charge is 2.24. The van der Waals surface area contributed by atoms with Crippen molar-refractivity contribution in [2.24, 2.45) is 0 Å². The van der Waals surface area contributed by atoms with Gasteiger partial charge in [-0.1, -0.05) is 95.6 Å². The first-order chi connectivity index (χ1) is 35.6. The van der Waals surface area contributed by atoms with Crippen molar-refractivity contribution in [3.63, 3.8) is 0 Å². The summed E-state index contributed by atoms with van der Waals surface area (Å²) in [6, 6.07) is 24.2. The molecule has 10 bridgehead atoms. The normalized spacial score (nSPS) is 11.4. The van der Waals surface area contributed by atoms with Crippen LogP contribution in [0, 0.1) is 22.7 Å². The molecule has 15 rings (SSSR count). The second-order valence-corrected chi connectivity index (χ2v) is 20.5. The smallest absolute Gasteiger partial charge is 0.123 e. The molecule has 12 nitrogen and oxygen atoms in total.